The number of amides is 1. The van der Waals surface area contributed by atoms with Crippen LogP contribution in [-0.2, 0) is 6.54 Å². The van der Waals surface area contributed by atoms with E-state index in [1.807, 2.05) is 0 Å². The minimum atomic E-state index is -0.147. The summed E-state index contributed by atoms with van der Waals surface area (Å²) in [6.07, 6.45) is 1.54. The predicted octanol–water partition coefficient (Wildman–Crippen LogP) is 1.92. The van der Waals surface area contributed by atoms with Crippen LogP contribution in [0.1, 0.15) is 16.1 Å². The summed E-state index contributed by atoms with van der Waals surface area (Å²) in [5.74, 6) is -0.147. The number of hydrogen-bond acceptors (Lipinski definition) is 3. The number of benzene rings is 1. The summed E-state index contributed by atoms with van der Waals surface area (Å²) >= 11 is 6.06. The molecule has 18 heavy (non-hydrogen) atoms. The molecular weight excluding hydrogens is 252 g/mol. The van der Waals surface area contributed by atoms with Crippen molar-refractivity contribution in [2.75, 3.05) is 12.8 Å². The molecule has 2 aromatic rings. The molecule has 2 rings (SSSR count). The summed E-state index contributed by atoms with van der Waals surface area (Å²) in [7, 11) is 1.70. The van der Waals surface area contributed by atoms with E-state index in [9.17, 15) is 4.79 Å². The first-order valence-corrected chi connectivity index (χ1v) is 5.74. The van der Waals surface area contributed by atoms with Crippen molar-refractivity contribution in [3.8, 4) is 0 Å². The number of hydrogen-bond donors (Lipinski definition) is 2. The Balaban J connectivity index is 2.14. The van der Waals surface area contributed by atoms with Crippen molar-refractivity contribution in [2.45, 2.75) is 6.54 Å². The standard InChI is InChI=1S/C12H13ClN4O/c1-17(12(18)11-4-5-15-16-11)7-8-6-9(14)2-3-10(8)13/h2-6H,7,14H2,1H3,(H,15,16). The number of halogens is 1. The SMILES string of the molecule is CN(Cc1cc(N)ccc1Cl)C(=O)c1ccn[nH]1. The Morgan fingerprint density at radius 2 is 2.28 bits per heavy atom. The average Bonchev–Trinajstić information content (AvgIpc) is 2.86. The number of carbonyl (C=O) groups excluding carboxylic acids is 1. The Hall–Kier alpha value is -2.01. The molecule has 0 saturated carbocycles. The van der Waals surface area contributed by atoms with Gasteiger partial charge in [-0.25, -0.2) is 0 Å². The van der Waals surface area contributed by atoms with E-state index in [0.29, 0.717) is 22.9 Å². The Bertz CT molecular complexity index is 553. The topological polar surface area (TPSA) is 75.0 Å². The summed E-state index contributed by atoms with van der Waals surface area (Å²) in [6.45, 7) is 0.391. The molecule has 5 nitrogen and oxygen atoms in total. The largest absolute Gasteiger partial charge is 0.399 e. The second-order valence-electron chi connectivity index (χ2n) is 3.98. The average molecular weight is 265 g/mol. The Labute approximate surface area is 110 Å². The zero-order chi connectivity index (χ0) is 13.1. The summed E-state index contributed by atoms with van der Waals surface area (Å²) in [5, 5.41) is 6.97. The highest BCUT2D eigenvalue weighted by Crippen LogP contribution is 2.20. The first-order chi connectivity index (χ1) is 8.58. The van der Waals surface area contributed by atoms with Gasteiger partial charge in [0.05, 0.1) is 0 Å². The van der Waals surface area contributed by atoms with Crippen LogP contribution in [0.25, 0.3) is 0 Å². The molecule has 1 aromatic carbocycles. The molecule has 0 fully saturated rings. The molecule has 0 atom stereocenters. The highest BCUT2D eigenvalue weighted by atomic mass is 35.5. The van der Waals surface area contributed by atoms with E-state index in [-0.39, 0.29) is 5.91 Å². The first-order valence-electron chi connectivity index (χ1n) is 5.36. The van der Waals surface area contributed by atoms with Gasteiger partial charge in [0.25, 0.3) is 5.91 Å². The molecule has 0 radical (unpaired) electrons. The predicted molar refractivity (Wildman–Crippen MR) is 70.2 cm³/mol. The van der Waals surface area contributed by atoms with E-state index in [0.717, 1.165) is 5.56 Å². The van der Waals surface area contributed by atoms with Gasteiger partial charge in [0.2, 0.25) is 0 Å². The third kappa shape index (κ3) is 2.62. The van der Waals surface area contributed by atoms with Gasteiger partial charge < -0.3 is 10.6 Å². The van der Waals surface area contributed by atoms with E-state index in [1.165, 1.54) is 6.20 Å². The minimum Gasteiger partial charge on any atom is -0.399 e. The fourth-order valence-corrected chi connectivity index (χ4v) is 1.80. The molecule has 0 aliphatic rings. The van der Waals surface area contributed by atoms with Crippen LogP contribution in [0, 0.1) is 0 Å². The Kier molecular flexibility index (Phi) is 3.53. The normalized spacial score (nSPS) is 10.3. The van der Waals surface area contributed by atoms with Gasteiger partial charge >= 0.3 is 0 Å². The molecule has 0 saturated heterocycles. The molecule has 1 aromatic heterocycles. The third-order valence-electron chi connectivity index (χ3n) is 2.56. The van der Waals surface area contributed by atoms with Gasteiger partial charge in [0.1, 0.15) is 5.69 Å². The van der Waals surface area contributed by atoms with E-state index >= 15 is 0 Å². The van der Waals surface area contributed by atoms with Crippen LogP contribution < -0.4 is 5.73 Å². The van der Waals surface area contributed by atoms with E-state index in [2.05, 4.69) is 10.2 Å². The van der Waals surface area contributed by atoms with Crippen molar-refractivity contribution in [1.29, 1.82) is 0 Å². The van der Waals surface area contributed by atoms with Crippen molar-refractivity contribution < 1.29 is 4.79 Å². The fourth-order valence-electron chi connectivity index (χ4n) is 1.62. The molecule has 0 aliphatic heterocycles. The zero-order valence-corrected chi connectivity index (χ0v) is 10.6. The quantitative estimate of drug-likeness (QED) is 0.832. The molecule has 6 heteroatoms. The fraction of sp³-hybridized carbons (Fsp3) is 0.167. The third-order valence-corrected chi connectivity index (χ3v) is 2.92. The van der Waals surface area contributed by atoms with Crippen LogP contribution in [0.5, 0.6) is 0 Å². The molecule has 1 amide bonds. The van der Waals surface area contributed by atoms with Crippen molar-refractivity contribution in [1.82, 2.24) is 15.1 Å². The first kappa shape index (κ1) is 12.4. The highest BCUT2D eigenvalue weighted by Gasteiger charge is 2.14. The number of carbonyl (C=O) groups is 1. The van der Waals surface area contributed by atoms with Gasteiger partial charge in [-0.05, 0) is 29.8 Å². The molecule has 0 bridgehead atoms. The van der Waals surface area contributed by atoms with Crippen LogP contribution in [0.15, 0.2) is 30.5 Å². The summed E-state index contributed by atoms with van der Waals surface area (Å²) in [5.41, 5.74) is 7.57. The van der Waals surface area contributed by atoms with Crippen molar-refractivity contribution in [2.24, 2.45) is 0 Å². The summed E-state index contributed by atoms with van der Waals surface area (Å²) < 4.78 is 0. The number of anilines is 1. The van der Waals surface area contributed by atoms with Gasteiger partial charge in [-0.1, -0.05) is 11.6 Å². The molecule has 1 heterocycles. The molecule has 3 N–H and O–H groups in total. The van der Waals surface area contributed by atoms with Crippen molar-refractivity contribution in [3.05, 3.63) is 46.7 Å². The van der Waals surface area contributed by atoms with E-state index < -0.39 is 0 Å². The van der Waals surface area contributed by atoms with Crippen LogP contribution in [0.2, 0.25) is 5.02 Å². The maximum absolute atomic E-state index is 12.0. The van der Waals surface area contributed by atoms with Gasteiger partial charge in [-0.3, -0.25) is 9.89 Å². The summed E-state index contributed by atoms with van der Waals surface area (Å²) in [6, 6.07) is 6.84. The van der Waals surface area contributed by atoms with E-state index in [1.54, 1.807) is 36.2 Å². The number of aromatic amines is 1. The van der Waals surface area contributed by atoms with Crippen LogP contribution >= 0.6 is 11.6 Å². The van der Waals surface area contributed by atoms with Gasteiger partial charge in [0, 0.05) is 30.5 Å². The number of H-pyrrole nitrogens is 1. The molecular formula is C12H13ClN4O. The maximum Gasteiger partial charge on any atom is 0.271 e. The van der Waals surface area contributed by atoms with Crippen molar-refractivity contribution in [3.63, 3.8) is 0 Å². The number of rotatable bonds is 3. The van der Waals surface area contributed by atoms with Crippen LogP contribution in [0.3, 0.4) is 0 Å². The number of nitrogens with one attached hydrogen (secondary N) is 1. The zero-order valence-electron chi connectivity index (χ0n) is 9.85. The number of nitrogen functional groups attached to an aromatic ring is 1. The van der Waals surface area contributed by atoms with Crippen LogP contribution in [-0.4, -0.2) is 28.1 Å². The Morgan fingerprint density at radius 1 is 1.50 bits per heavy atom. The van der Waals surface area contributed by atoms with Gasteiger partial charge in [-0.2, -0.15) is 5.10 Å². The smallest absolute Gasteiger partial charge is 0.271 e. The molecule has 0 unspecified atom stereocenters. The lowest BCUT2D eigenvalue weighted by molar-refractivity contribution is 0.0779. The second kappa shape index (κ2) is 5.10. The number of nitrogens with zero attached hydrogens (tertiary/aromatic N) is 2. The van der Waals surface area contributed by atoms with Crippen molar-refractivity contribution >= 4 is 23.2 Å². The summed E-state index contributed by atoms with van der Waals surface area (Å²) in [4.78, 5) is 13.5. The van der Waals surface area contributed by atoms with Gasteiger partial charge in [-0.15, -0.1) is 0 Å². The monoisotopic (exact) mass is 264 g/mol. The lowest BCUT2D eigenvalue weighted by Crippen LogP contribution is -2.26. The number of aromatic nitrogens is 2. The minimum absolute atomic E-state index is 0.147. The number of nitrogens with two attached hydrogens (primary N) is 1. The van der Waals surface area contributed by atoms with E-state index in [4.69, 9.17) is 17.3 Å². The molecule has 0 spiro atoms. The second-order valence-corrected chi connectivity index (χ2v) is 4.39. The molecule has 94 valence electrons. The van der Waals surface area contributed by atoms with Gasteiger partial charge in [0.15, 0.2) is 0 Å². The maximum atomic E-state index is 12.0. The molecule has 0 aliphatic carbocycles. The lowest BCUT2D eigenvalue weighted by atomic mass is 10.2. The highest BCUT2D eigenvalue weighted by molar-refractivity contribution is 6.31. The van der Waals surface area contributed by atoms with Crippen LogP contribution in [0.4, 0.5) is 5.69 Å². The Morgan fingerprint density at radius 3 is 2.94 bits per heavy atom. The lowest BCUT2D eigenvalue weighted by Gasteiger charge is -2.17.